The molecule has 0 atom stereocenters. The number of hydrogen-bond donors (Lipinski definition) is 0. The predicted molar refractivity (Wildman–Crippen MR) is 83.8 cm³/mol. The molecule has 1 aliphatic heterocycles. The van der Waals surface area contributed by atoms with E-state index in [1.165, 1.54) is 24.9 Å². The van der Waals surface area contributed by atoms with Crippen molar-refractivity contribution >= 4 is 24.8 Å². The second-order valence-electron chi connectivity index (χ2n) is 6.59. The number of ether oxygens (including phenoxy) is 1. The van der Waals surface area contributed by atoms with Gasteiger partial charge in [0.05, 0.1) is 24.1 Å². The molecule has 0 aromatic heterocycles. The van der Waals surface area contributed by atoms with Crippen molar-refractivity contribution in [3.05, 3.63) is 11.8 Å². The van der Waals surface area contributed by atoms with Crippen LogP contribution < -0.4 is 0 Å². The van der Waals surface area contributed by atoms with Gasteiger partial charge in [-0.1, -0.05) is 0 Å². The second kappa shape index (κ2) is 6.30. The second-order valence-corrected chi connectivity index (χ2v) is 8.22. The lowest BCUT2D eigenvalue weighted by molar-refractivity contribution is -0.137. The summed E-state index contributed by atoms with van der Waals surface area (Å²) in [7, 11) is 0.324. The molecule has 0 aromatic rings. The van der Waals surface area contributed by atoms with Gasteiger partial charge in [0.25, 0.3) is 0 Å². The molecular weight excluding hydrogens is 294 g/mol. The van der Waals surface area contributed by atoms with Crippen molar-refractivity contribution in [3.63, 3.8) is 0 Å². The third kappa shape index (κ3) is 4.73. The average Bonchev–Trinajstić information content (AvgIpc) is 2.55. The van der Waals surface area contributed by atoms with Gasteiger partial charge in [-0.25, -0.2) is 4.39 Å². The SMILES string of the molecule is COC(=O)CSC(C)(C)C=C(F)B1OC(C)(C)C(C)(C)O1. The van der Waals surface area contributed by atoms with Crippen molar-refractivity contribution in [1.82, 2.24) is 0 Å². The van der Waals surface area contributed by atoms with Crippen LogP contribution in [0.4, 0.5) is 4.39 Å². The number of carbonyl (C=O) groups excluding carboxylic acids is 1. The van der Waals surface area contributed by atoms with Gasteiger partial charge in [-0.05, 0) is 47.6 Å². The minimum Gasteiger partial charge on any atom is -0.468 e. The summed E-state index contributed by atoms with van der Waals surface area (Å²) >= 11 is 1.30. The summed E-state index contributed by atoms with van der Waals surface area (Å²) in [4.78, 5) is 11.2. The standard InChI is InChI=1S/C14H24BFO4S/c1-12(2,21-9-11(17)18-7)8-10(16)15-19-13(3,4)14(5,6)20-15/h8H,9H2,1-7H3. The van der Waals surface area contributed by atoms with Crippen molar-refractivity contribution < 1.29 is 23.2 Å². The van der Waals surface area contributed by atoms with E-state index in [4.69, 9.17) is 9.31 Å². The van der Waals surface area contributed by atoms with Gasteiger partial charge >= 0.3 is 13.1 Å². The Bertz CT molecular complexity index is 419. The zero-order chi connectivity index (χ0) is 16.5. The van der Waals surface area contributed by atoms with Crippen molar-refractivity contribution in [2.24, 2.45) is 0 Å². The number of halogens is 1. The summed E-state index contributed by atoms with van der Waals surface area (Å²) in [5.41, 5.74) is -1.63. The fourth-order valence-electron chi connectivity index (χ4n) is 1.70. The number of methoxy groups -OCH3 is 1. The highest BCUT2D eigenvalue weighted by Gasteiger charge is 2.53. The van der Waals surface area contributed by atoms with Gasteiger partial charge in [0.15, 0.2) is 0 Å². The van der Waals surface area contributed by atoms with Crippen LogP contribution >= 0.6 is 11.8 Å². The fourth-order valence-corrected chi connectivity index (χ4v) is 2.50. The molecule has 1 rings (SSSR count). The molecule has 1 saturated heterocycles. The van der Waals surface area contributed by atoms with Crippen LogP contribution in [0.2, 0.25) is 0 Å². The van der Waals surface area contributed by atoms with Gasteiger partial charge < -0.3 is 14.0 Å². The highest BCUT2D eigenvalue weighted by atomic mass is 32.2. The van der Waals surface area contributed by atoms with Crippen molar-refractivity contribution in [1.29, 1.82) is 0 Å². The van der Waals surface area contributed by atoms with Crippen molar-refractivity contribution in [2.45, 2.75) is 57.5 Å². The molecule has 21 heavy (non-hydrogen) atoms. The van der Waals surface area contributed by atoms with Gasteiger partial charge in [0, 0.05) is 4.75 Å². The van der Waals surface area contributed by atoms with Crippen LogP contribution in [0.3, 0.4) is 0 Å². The van der Waals surface area contributed by atoms with E-state index < -0.39 is 28.8 Å². The molecule has 1 heterocycles. The van der Waals surface area contributed by atoms with E-state index in [9.17, 15) is 9.18 Å². The number of carbonyl (C=O) groups is 1. The van der Waals surface area contributed by atoms with E-state index in [2.05, 4.69) is 4.74 Å². The van der Waals surface area contributed by atoms with Crippen molar-refractivity contribution in [2.75, 3.05) is 12.9 Å². The number of hydrogen-bond acceptors (Lipinski definition) is 5. The molecule has 0 bridgehead atoms. The van der Waals surface area contributed by atoms with Crippen LogP contribution in [0.25, 0.3) is 0 Å². The Labute approximate surface area is 130 Å². The highest BCUT2D eigenvalue weighted by molar-refractivity contribution is 8.01. The zero-order valence-corrected chi connectivity index (χ0v) is 14.6. The third-order valence-corrected chi connectivity index (χ3v) is 5.00. The first kappa shape index (κ1) is 18.5. The number of thioether (sulfide) groups is 1. The monoisotopic (exact) mass is 318 g/mol. The van der Waals surface area contributed by atoms with E-state index in [-0.39, 0.29) is 11.7 Å². The maximum Gasteiger partial charge on any atom is 0.524 e. The van der Waals surface area contributed by atoms with Crippen LogP contribution in [0.5, 0.6) is 0 Å². The molecule has 7 heteroatoms. The smallest absolute Gasteiger partial charge is 0.468 e. The highest BCUT2D eigenvalue weighted by Crippen LogP contribution is 2.39. The van der Waals surface area contributed by atoms with Gasteiger partial charge in [-0.15, -0.1) is 11.8 Å². The summed E-state index contributed by atoms with van der Waals surface area (Å²) in [6.45, 7) is 11.1. The van der Waals surface area contributed by atoms with Crippen molar-refractivity contribution in [3.8, 4) is 0 Å². The molecule has 0 radical (unpaired) electrons. The summed E-state index contributed by atoms with van der Waals surface area (Å²) < 4.78 is 29.7. The minimum absolute atomic E-state index is 0.163. The largest absolute Gasteiger partial charge is 0.524 e. The molecule has 0 amide bonds. The third-order valence-electron chi connectivity index (χ3n) is 3.75. The Morgan fingerprint density at radius 1 is 1.29 bits per heavy atom. The van der Waals surface area contributed by atoms with Gasteiger partial charge in [0.2, 0.25) is 0 Å². The first-order chi connectivity index (χ1) is 9.40. The van der Waals surface area contributed by atoms with E-state index in [1.54, 1.807) is 0 Å². The Kier molecular flexibility index (Phi) is 5.56. The molecule has 120 valence electrons. The summed E-state index contributed by atoms with van der Waals surface area (Å²) in [6.07, 6.45) is 1.43. The first-order valence-corrected chi connectivity index (χ1v) is 7.83. The van der Waals surface area contributed by atoms with Gasteiger partial charge in [0.1, 0.15) is 5.73 Å². The molecule has 1 fully saturated rings. The summed E-state index contributed by atoms with van der Waals surface area (Å²) in [5.74, 6) is -0.172. The van der Waals surface area contributed by atoms with E-state index >= 15 is 0 Å². The van der Waals surface area contributed by atoms with Crippen LogP contribution in [0.1, 0.15) is 41.5 Å². The van der Waals surface area contributed by atoms with Crippen LogP contribution in [0, 0.1) is 0 Å². The number of rotatable bonds is 5. The molecule has 0 unspecified atom stereocenters. The Balaban J connectivity index is 2.74. The maximum absolute atomic E-state index is 14.4. The topological polar surface area (TPSA) is 44.8 Å². The molecule has 0 aromatic carbocycles. The molecular formula is C14H24BFO4S. The summed E-state index contributed by atoms with van der Waals surface area (Å²) in [6, 6.07) is 0. The fraction of sp³-hybridized carbons (Fsp3) is 0.786. The molecule has 0 saturated carbocycles. The van der Waals surface area contributed by atoms with Gasteiger partial charge in [-0.3, -0.25) is 4.79 Å². The average molecular weight is 318 g/mol. The molecule has 0 aliphatic carbocycles. The van der Waals surface area contributed by atoms with E-state index in [1.807, 2.05) is 41.5 Å². The lowest BCUT2D eigenvalue weighted by Crippen LogP contribution is -2.41. The Hall–Kier alpha value is -0.525. The normalized spacial score (nSPS) is 21.5. The van der Waals surface area contributed by atoms with E-state index in [0.29, 0.717) is 0 Å². The minimum atomic E-state index is -1.01. The molecule has 0 spiro atoms. The van der Waals surface area contributed by atoms with Crippen LogP contribution in [-0.2, 0) is 18.8 Å². The van der Waals surface area contributed by atoms with E-state index in [0.717, 1.165) is 0 Å². The predicted octanol–water partition coefficient (Wildman–Crippen LogP) is 3.16. The summed E-state index contributed by atoms with van der Waals surface area (Å²) in [5, 5.41) is 0. The molecule has 0 N–H and O–H groups in total. The Morgan fingerprint density at radius 3 is 2.19 bits per heavy atom. The zero-order valence-electron chi connectivity index (χ0n) is 13.8. The lowest BCUT2D eigenvalue weighted by atomic mass is 9.86. The van der Waals surface area contributed by atoms with Gasteiger partial charge in [-0.2, -0.15) is 0 Å². The molecule has 1 aliphatic rings. The quantitative estimate of drug-likeness (QED) is 0.575. The lowest BCUT2D eigenvalue weighted by Gasteiger charge is -2.32. The maximum atomic E-state index is 14.4. The first-order valence-electron chi connectivity index (χ1n) is 6.85. The van der Waals surface area contributed by atoms with Crippen LogP contribution in [0.15, 0.2) is 11.8 Å². The molecule has 4 nitrogen and oxygen atoms in total. The van der Waals surface area contributed by atoms with Crippen LogP contribution in [-0.4, -0.2) is 41.9 Å². The Morgan fingerprint density at radius 2 is 1.76 bits per heavy atom. The number of esters is 1.